The highest BCUT2D eigenvalue weighted by atomic mass is 79.9. The zero-order valence-electron chi connectivity index (χ0n) is 27.5. The van der Waals surface area contributed by atoms with E-state index in [1.165, 1.54) is 21.5 Å². The van der Waals surface area contributed by atoms with Crippen LogP contribution < -0.4 is 10.2 Å². The van der Waals surface area contributed by atoms with E-state index in [9.17, 15) is 4.79 Å². The van der Waals surface area contributed by atoms with Gasteiger partial charge < -0.3 is 14.0 Å². The number of fused-ring (bicyclic) bond motifs is 2. The molecule has 48 heavy (non-hydrogen) atoms. The molecule has 0 bridgehead atoms. The fourth-order valence-electron chi connectivity index (χ4n) is 5.25. The molecular formula is C40H36BBrCl2O4. The van der Waals surface area contributed by atoms with Crippen molar-refractivity contribution in [2.75, 3.05) is 7.11 Å². The second-order valence-corrected chi connectivity index (χ2v) is 14.2. The molecule has 6 aromatic rings. The fraction of sp³-hybridized carbons (Fsp3) is 0.175. The van der Waals surface area contributed by atoms with E-state index in [2.05, 4.69) is 88.7 Å². The molecule has 0 amide bonds. The molecule has 8 heteroatoms. The van der Waals surface area contributed by atoms with Crippen LogP contribution in [0.4, 0.5) is 0 Å². The molecule has 0 N–H and O–H groups in total. The first-order chi connectivity index (χ1) is 22.9. The van der Waals surface area contributed by atoms with E-state index in [1.54, 1.807) is 25.3 Å². The molecule has 4 nitrogen and oxygen atoms in total. The van der Waals surface area contributed by atoms with Crippen LogP contribution in [0.1, 0.15) is 38.1 Å². The number of ether oxygens (including phenoxy) is 1. The van der Waals surface area contributed by atoms with E-state index >= 15 is 0 Å². The lowest BCUT2D eigenvalue weighted by Gasteiger charge is -2.32. The SMILES string of the molecule is Brc1ccc2ccccc2c1.CC1(C)OB(c2cc(Cl)ccc2C=O)OC1(C)C.COc1ccc(Cl)cc1-c1ccc2ccccc2c1. The van der Waals surface area contributed by atoms with Gasteiger partial charge in [0.05, 0.1) is 18.3 Å². The summed E-state index contributed by atoms with van der Waals surface area (Å²) in [6.07, 6.45) is 0.788. The molecule has 1 fully saturated rings. The van der Waals surface area contributed by atoms with Gasteiger partial charge in [0.15, 0.2) is 0 Å². The van der Waals surface area contributed by atoms with Crippen LogP contribution in [0.5, 0.6) is 5.75 Å². The van der Waals surface area contributed by atoms with E-state index in [4.69, 9.17) is 37.2 Å². The number of rotatable bonds is 4. The molecule has 0 atom stereocenters. The molecular weight excluding hydrogens is 706 g/mol. The Labute approximate surface area is 301 Å². The first-order valence-electron chi connectivity index (χ1n) is 15.5. The molecule has 1 heterocycles. The number of halogens is 3. The van der Waals surface area contributed by atoms with Crippen molar-refractivity contribution >= 4 is 79.5 Å². The van der Waals surface area contributed by atoms with Gasteiger partial charge >= 0.3 is 7.12 Å². The van der Waals surface area contributed by atoms with Crippen LogP contribution in [-0.4, -0.2) is 31.7 Å². The predicted octanol–water partition coefficient (Wildman–Crippen LogP) is 11.2. The number of benzene rings is 6. The van der Waals surface area contributed by atoms with E-state index in [0.29, 0.717) is 21.1 Å². The minimum absolute atomic E-state index is 0.430. The van der Waals surface area contributed by atoms with Crippen molar-refractivity contribution in [2.24, 2.45) is 0 Å². The lowest BCUT2D eigenvalue weighted by atomic mass is 9.76. The summed E-state index contributed by atoms with van der Waals surface area (Å²) in [5, 5.41) is 6.28. The van der Waals surface area contributed by atoms with Gasteiger partial charge in [0.1, 0.15) is 12.0 Å². The van der Waals surface area contributed by atoms with Gasteiger partial charge in [-0.05, 0) is 109 Å². The van der Waals surface area contributed by atoms with Gasteiger partial charge in [-0.25, -0.2) is 0 Å². The molecule has 0 radical (unpaired) electrons. The molecule has 1 aliphatic rings. The molecule has 0 spiro atoms. The van der Waals surface area contributed by atoms with Crippen LogP contribution in [0.25, 0.3) is 32.7 Å². The summed E-state index contributed by atoms with van der Waals surface area (Å²) in [4.78, 5) is 11.1. The molecule has 1 saturated heterocycles. The maximum absolute atomic E-state index is 11.1. The Morgan fingerprint density at radius 3 is 1.81 bits per heavy atom. The normalized spacial score (nSPS) is 14.5. The van der Waals surface area contributed by atoms with Gasteiger partial charge in [-0.3, -0.25) is 4.79 Å². The van der Waals surface area contributed by atoms with Crippen molar-refractivity contribution in [3.8, 4) is 16.9 Å². The lowest BCUT2D eigenvalue weighted by Crippen LogP contribution is -2.41. The summed E-state index contributed by atoms with van der Waals surface area (Å²) in [7, 11) is 1.11. The van der Waals surface area contributed by atoms with Gasteiger partial charge in [-0.15, -0.1) is 0 Å². The molecule has 0 aromatic heterocycles. The zero-order chi connectivity index (χ0) is 34.5. The summed E-state index contributed by atoms with van der Waals surface area (Å²) < 4.78 is 18.4. The minimum atomic E-state index is -0.561. The van der Waals surface area contributed by atoms with Crippen LogP contribution >= 0.6 is 39.1 Å². The molecule has 0 aliphatic carbocycles. The summed E-state index contributed by atoms with van der Waals surface area (Å²) in [6.45, 7) is 7.88. The smallest absolute Gasteiger partial charge is 0.495 e. The maximum atomic E-state index is 11.1. The molecule has 0 unspecified atom stereocenters. The van der Waals surface area contributed by atoms with Crippen LogP contribution in [0.15, 0.2) is 126 Å². The van der Waals surface area contributed by atoms with Crippen molar-refractivity contribution in [3.05, 3.63) is 141 Å². The standard InChI is InChI=1S/C17H13ClO.C13H16BClO3.C10H7Br/c1-19-17-9-8-15(18)11-16(17)14-7-6-12-4-2-3-5-13(12)10-14;1-12(2)13(3,4)18-14(17-12)11-7-10(15)6-5-9(11)8-16;11-10-6-5-8-3-1-2-4-9(8)7-10/h2-11H,1H3;5-8H,1-4H3;1-7H. The van der Waals surface area contributed by atoms with Gasteiger partial charge in [0.25, 0.3) is 0 Å². The Bertz CT molecular complexity index is 2050. The monoisotopic (exact) mass is 740 g/mol. The van der Waals surface area contributed by atoms with Gasteiger partial charge in [0, 0.05) is 25.6 Å². The van der Waals surface area contributed by atoms with Gasteiger partial charge in [0.2, 0.25) is 0 Å². The van der Waals surface area contributed by atoms with Crippen molar-refractivity contribution in [1.82, 2.24) is 0 Å². The number of hydrogen-bond acceptors (Lipinski definition) is 4. The molecule has 7 rings (SSSR count). The number of methoxy groups -OCH3 is 1. The maximum Gasteiger partial charge on any atom is 0.495 e. The average Bonchev–Trinajstić information content (AvgIpc) is 3.30. The highest BCUT2D eigenvalue weighted by Crippen LogP contribution is 2.37. The minimum Gasteiger partial charge on any atom is -0.496 e. The summed E-state index contributed by atoms with van der Waals surface area (Å²) >= 11 is 15.5. The predicted molar refractivity (Wildman–Crippen MR) is 205 cm³/mol. The Morgan fingerprint density at radius 1 is 0.667 bits per heavy atom. The zero-order valence-corrected chi connectivity index (χ0v) is 30.6. The van der Waals surface area contributed by atoms with E-state index < -0.39 is 18.3 Å². The van der Waals surface area contributed by atoms with Gasteiger partial charge in [-0.1, -0.05) is 112 Å². The molecule has 1 aliphatic heterocycles. The molecule has 6 aromatic carbocycles. The Hall–Kier alpha value is -3.65. The van der Waals surface area contributed by atoms with Crippen molar-refractivity contribution in [1.29, 1.82) is 0 Å². The number of hydrogen-bond donors (Lipinski definition) is 0. The summed E-state index contributed by atoms with van der Waals surface area (Å²) in [6, 6.07) is 40.0. The highest BCUT2D eigenvalue weighted by molar-refractivity contribution is 9.10. The first-order valence-corrected chi connectivity index (χ1v) is 17.0. The Balaban J connectivity index is 0.000000146. The molecule has 0 saturated carbocycles. The summed E-state index contributed by atoms with van der Waals surface area (Å²) in [5.41, 5.74) is 2.48. The summed E-state index contributed by atoms with van der Waals surface area (Å²) in [5.74, 6) is 0.833. The topological polar surface area (TPSA) is 44.8 Å². The van der Waals surface area contributed by atoms with Crippen molar-refractivity contribution in [2.45, 2.75) is 38.9 Å². The Morgan fingerprint density at radius 2 is 1.21 bits per heavy atom. The quantitative estimate of drug-likeness (QED) is 0.133. The molecule has 244 valence electrons. The Kier molecular flexibility index (Phi) is 11.3. The third-order valence-electron chi connectivity index (χ3n) is 8.62. The number of aldehydes is 1. The van der Waals surface area contributed by atoms with E-state index in [1.807, 2.05) is 58.0 Å². The van der Waals surface area contributed by atoms with Crippen LogP contribution in [-0.2, 0) is 9.31 Å². The number of carbonyl (C=O) groups excluding carboxylic acids is 1. The van der Waals surface area contributed by atoms with E-state index in [-0.39, 0.29) is 0 Å². The van der Waals surface area contributed by atoms with Gasteiger partial charge in [-0.2, -0.15) is 0 Å². The van der Waals surface area contributed by atoms with Crippen molar-refractivity contribution < 1.29 is 18.8 Å². The van der Waals surface area contributed by atoms with Crippen molar-refractivity contribution in [3.63, 3.8) is 0 Å². The first kappa shape index (κ1) is 35.7. The largest absolute Gasteiger partial charge is 0.496 e. The number of carbonyl (C=O) groups is 1. The second kappa shape index (κ2) is 15.3. The third-order valence-corrected chi connectivity index (χ3v) is 9.58. The average molecular weight is 742 g/mol. The van der Waals surface area contributed by atoms with E-state index in [0.717, 1.165) is 27.6 Å². The fourth-order valence-corrected chi connectivity index (χ4v) is 5.98. The highest BCUT2D eigenvalue weighted by Gasteiger charge is 2.52. The third kappa shape index (κ3) is 8.31. The van der Waals surface area contributed by atoms with Crippen LogP contribution in [0, 0.1) is 0 Å². The second-order valence-electron chi connectivity index (χ2n) is 12.4. The van der Waals surface area contributed by atoms with Crippen LogP contribution in [0.2, 0.25) is 10.0 Å². The lowest BCUT2D eigenvalue weighted by molar-refractivity contribution is 0.00578. The van der Waals surface area contributed by atoms with Crippen LogP contribution in [0.3, 0.4) is 0 Å².